The lowest BCUT2D eigenvalue weighted by Gasteiger charge is -2.19. The number of benzene rings is 1. The van der Waals surface area contributed by atoms with Gasteiger partial charge in [-0.1, -0.05) is 6.92 Å². The van der Waals surface area contributed by atoms with Gasteiger partial charge in [-0.3, -0.25) is 4.79 Å². The maximum Gasteiger partial charge on any atom is 0.316 e. The van der Waals surface area contributed by atoms with E-state index in [4.69, 9.17) is 9.84 Å². The van der Waals surface area contributed by atoms with Gasteiger partial charge in [0.1, 0.15) is 11.5 Å². The standard InChI is InChI=1S/C12H16O3.CH3/c1-4-12(2,3)11(14)15-10-7-5-9(13)6-8-10;/h5-8,13H,4H2,1-3H3;1H3/q;-1. The summed E-state index contributed by atoms with van der Waals surface area (Å²) in [7, 11) is 0. The molecule has 3 heteroatoms. The van der Waals surface area contributed by atoms with Gasteiger partial charge in [-0.15, -0.1) is 0 Å². The first kappa shape index (κ1) is 14.5. The first-order chi connectivity index (χ1) is 6.95. The number of phenolic OH excluding ortho intramolecular Hbond substituents is 1. The Morgan fingerprint density at radius 3 is 2.25 bits per heavy atom. The molecule has 1 rings (SSSR count). The summed E-state index contributed by atoms with van der Waals surface area (Å²) < 4.78 is 5.18. The molecule has 0 aliphatic carbocycles. The molecule has 1 aromatic rings. The third-order valence-electron chi connectivity index (χ3n) is 2.48. The van der Waals surface area contributed by atoms with Crippen LogP contribution in [-0.2, 0) is 4.79 Å². The van der Waals surface area contributed by atoms with E-state index in [0.717, 1.165) is 6.42 Å². The third-order valence-corrected chi connectivity index (χ3v) is 2.48. The number of carbonyl (C=O) groups excluding carboxylic acids is 1. The van der Waals surface area contributed by atoms with E-state index >= 15 is 0 Å². The van der Waals surface area contributed by atoms with Crippen molar-refractivity contribution >= 4 is 5.97 Å². The minimum atomic E-state index is -0.474. The van der Waals surface area contributed by atoms with Crippen LogP contribution in [0.5, 0.6) is 11.5 Å². The average molecular weight is 223 g/mol. The Labute approximate surface area is 97.1 Å². The van der Waals surface area contributed by atoms with E-state index < -0.39 is 5.41 Å². The van der Waals surface area contributed by atoms with Gasteiger partial charge in [0.05, 0.1) is 5.41 Å². The minimum Gasteiger partial charge on any atom is -0.508 e. The lowest BCUT2D eigenvalue weighted by molar-refractivity contribution is -0.144. The molecule has 3 nitrogen and oxygen atoms in total. The average Bonchev–Trinajstić information content (AvgIpc) is 2.21. The van der Waals surface area contributed by atoms with E-state index in [-0.39, 0.29) is 19.1 Å². The molecule has 90 valence electrons. The molecule has 0 bridgehead atoms. The highest BCUT2D eigenvalue weighted by molar-refractivity contribution is 5.78. The van der Waals surface area contributed by atoms with Crippen LogP contribution in [0.1, 0.15) is 27.2 Å². The SMILES string of the molecule is CCC(C)(C)C(=O)Oc1ccc(O)cc1.[CH3-]. The van der Waals surface area contributed by atoms with Crippen LogP contribution in [0.15, 0.2) is 24.3 Å². The van der Waals surface area contributed by atoms with E-state index in [9.17, 15) is 4.79 Å². The van der Waals surface area contributed by atoms with Crippen molar-refractivity contribution < 1.29 is 14.6 Å². The molecule has 16 heavy (non-hydrogen) atoms. The van der Waals surface area contributed by atoms with Gasteiger partial charge in [-0.05, 0) is 44.5 Å². The number of hydrogen-bond acceptors (Lipinski definition) is 3. The summed E-state index contributed by atoms with van der Waals surface area (Å²) in [6.07, 6.45) is 0.726. The van der Waals surface area contributed by atoms with Crippen LogP contribution in [0.25, 0.3) is 0 Å². The van der Waals surface area contributed by atoms with Crippen molar-refractivity contribution in [3.05, 3.63) is 31.7 Å². The normalized spacial score (nSPS) is 10.4. The van der Waals surface area contributed by atoms with Gasteiger partial charge < -0.3 is 17.3 Å². The van der Waals surface area contributed by atoms with Crippen LogP contribution < -0.4 is 4.74 Å². The highest BCUT2D eigenvalue weighted by Gasteiger charge is 2.27. The molecule has 1 N–H and O–H groups in total. The lowest BCUT2D eigenvalue weighted by Crippen LogP contribution is -2.28. The molecule has 0 aliphatic rings. The molecule has 0 amide bonds. The Bertz CT molecular complexity index is 339. The molecule has 0 aliphatic heterocycles. The number of rotatable bonds is 3. The molecule has 0 spiro atoms. The second-order valence-electron chi connectivity index (χ2n) is 4.12. The number of hydrogen-bond donors (Lipinski definition) is 1. The lowest BCUT2D eigenvalue weighted by atomic mass is 9.91. The van der Waals surface area contributed by atoms with E-state index in [2.05, 4.69) is 0 Å². The van der Waals surface area contributed by atoms with Gasteiger partial charge >= 0.3 is 5.97 Å². The van der Waals surface area contributed by atoms with Crippen LogP contribution in [-0.4, -0.2) is 11.1 Å². The van der Waals surface area contributed by atoms with Crippen LogP contribution in [0, 0.1) is 12.8 Å². The van der Waals surface area contributed by atoms with Crippen molar-refractivity contribution in [2.45, 2.75) is 27.2 Å². The van der Waals surface area contributed by atoms with Gasteiger partial charge in [-0.2, -0.15) is 0 Å². The maximum atomic E-state index is 11.7. The number of aromatic hydroxyl groups is 1. The molecule has 0 saturated heterocycles. The summed E-state index contributed by atoms with van der Waals surface area (Å²) in [5.41, 5.74) is -0.474. The molecule has 0 fully saturated rings. The fraction of sp³-hybridized carbons (Fsp3) is 0.385. The summed E-state index contributed by atoms with van der Waals surface area (Å²) in [5.74, 6) is 0.361. The van der Waals surface area contributed by atoms with Gasteiger partial charge in [0.15, 0.2) is 0 Å². The Hall–Kier alpha value is -1.51. The van der Waals surface area contributed by atoms with Crippen LogP contribution >= 0.6 is 0 Å². The van der Waals surface area contributed by atoms with Crippen LogP contribution in [0.3, 0.4) is 0 Å². The summed E-state index contributed by atoms with van der Waals surface area (Å²) in [4.78, 5) is 11.7. The molecule has 1 aromatic carbocycles. The van der Waals surface area contributed by atoms with E-state index in [1.165, 1.54) is 12.1 Å². The molecule has 0 unspecified atom stereocenters. The van der Waals surface area contributed by atoms with E-state index in [1.54, 1.807) is 12.1 Å². The minimum absolute atomic E-state index is 0. The van der Waals surface area contributed by atoms with Crippen molar-refractivity contribution in [2.75, 3.05) is 0 Å². The predicted molar refractivity (Wildman–Crippen MR) is 64.2 cm³/mol. The summed E-state index contributed by atoms with van der Waals surface area (Å²) >= 11 is 0. The van der Waals surface area contributed by atoms with E-state index in [1.807, 2.05) is 20.8 Å². The smallest absolute Gasteiger partial charge is 0.316 e. The molecule has 0 aromatic heterocycles. The second-order valence-corrected chi connectivity index (χ2v) is 4.12. The highest BCUT2D eigenvalue weighted by atomic mass is 16.5. The number of phenols is 1. The Kier molecular flexibility index (Phi) is 5.02. The van der Waals surface area contributed by atoms with Crippen LogP contribution in [0.4, 0.5) is 0 Å². The summed E-state index contributed by atoms with van der Waals surface area (Å²) in [5, 5.41) is 9.06. The Morgan fingerprint density at radius 2 is 1.81 bits per heavy atom. The Balaban J connectivity index is 0.00000225. The molecule has 0 atom stereocenters. The molecule has 0 radical (unpaired) electrons. The zero-order valence-electron chi connectivity index (χ0n) is 10.3. The molecule has 0 heterocycles. The van der Waals surface area contributed by atoms with E-state index in [0.29, 0.717) is 5.75 Å². The number of carbonyl (C=O) groups is 1. The topological polar surface area (TPSA) is 46.5 Å². The number of esters is 1. The second kappa shape index (κ2) is 5.54. The third kappa shape index (κ3) is 3.57. The van der Waals surface area contributed by atoms with Crippen molar-refractivity contribution in [1.82, 2.24) is 0 Å². The fourth-order valence-corrected chi connectivity index (χ4v) is 0.904. The van der Waals surface area contributed by atoms with Gasteiger partial charge in [0.2, 0.25) is 0 Å². The Morgan fingerprint density at radius 1 is 1.31 bits per heavy atom. The first-order valence-electron chi connectivity index (χ1n) is 4.97. The zero-order valence-corrected chi connectivity index (χ0v) is 10.3. The zero-order chi connectivity index (χ0) is 11.5. The van der Waals surface area contributed by atoms with Crippen molar-refractivity contribution in [3.8, 4) is 11.5 Å². The van der Waals surface area contributed by atoms with Crippen molar-refractivity contribution in [2.24, 2.45) is 5.41 Å². The van der Waals surface area contributed by atoms with Crippen LogP contribution in [0.2, 0.25) is 0 Å². The molecular formula is C13H19O3-. The largest absolute Gasteiger partial charge is 0.508 e. The molecule has 0 saturated carbocycles. The summed E-state index contributed by atoms with van der Waals surface area (Å²) in [6, 6.07) is 6.11. The predicted octanol–water partition coefficient (Wildman–Crippen LogP) is 3.18. The molecular weight excluding hydrogens is 204 g/mol. The van der Waals surface area contributed by atoms with Gasteiger partial charge in [0.25, 0.3) is 0 Å². The summed E-state index contributed by atoms with van der Waals surface area (Å²) in [6.45, 7) is 5.63. The quantitative estimate of drug-likeness (QED) is 0.486. The van der Waals surface area contributed by atoms with Crippen molar-refractivity contribution in [3.63, 3.8) is 0 Å². The van der Waals surface area contributed by atoms with Gasteiger partial charge in [0, 0.05) is 0 Å². The maximum absolute atomic E-state index is 11.7. The fourth-order valence-electron chi connectivity index (χ4n) is 0.904. The first-order valence-corrected chi connectivity index (χ1v) is 4.97. The van der Waals surface area contributed by atoms with Gasteiger partial charge in [-0.25, -0.2) is 0 Å². The van der Waals surface area contributed by atoms with Crippen molar-refractivity contribution in [1.29, 1.82) is 0 Å². The monoisotopic (exact) mass is 223 g/mol. The number of ether oxygens (including phenoxy) is 1. The highest BCUT2D eigenvalue weighted by Crippen LogP contribution is 2.24.